The van der Waals surface area contributed by atoms with Crippen molar-refractivity contribution in [2.45, 2.75) is 0 Å². The van der Waals surface area contributed by atoms with Gasteiger partial charge < -0.3 is 9.64 Å². The zero-order valence-electron chi connectivity index (χ0n) is 10.3. The Morgan fingerprint density at radius 1 is 1.33 bits per heavy atom. The number of hydrogen-bond acceptors (Lipinski definition) is 3. The molecule has 0 aromatic heterocycles. The van der Waals surface area contributed by atoms with Gasteiger partial charge in [0.2, 0.25) is 0 Å². The minimum atomic E-state index is -0.0564. The first-order chi connectivity index (χ1) is 8.84. The molecule has 0 bridgehead atoms. The van der Waals surface area contributed by atoms with Gasteiger partial charge in [0.1, 0.15) is 13.1 Å². The van der Waals surface area contributed by atoms with Gasteiger partial charge in [-0.1, -0.05) is 30.3 Å². The predicted molar refractivity (Wildman–Crippen MR) is 68.6 cm³/mol. The Kier molecular flexibility index (Phi) is 4.87. The molecule has 1 fully saturated rings. The number of carbonyl (C=O) groups is 1. The maximum absolute atomic E-state index is 11.6. The Morgan fingerprint density at radius 2 is 2.06 bits per heavy atom. The van der Waals surface area contributed by atoms with Gasteiger partial charge in [-0.3, -0.25) is 4.79 Å². The summed E-state index contributed by atoms with van der Waals surface area (Å²) in [7, 11) is 0. The minimum Gasteiger partial charge on any atom is -0.370 e. The van der Waals surface area contributed by atoms with Gasteiger partial charge in [0.25, 0.3) is 5.91 Å². The van der Waals surface area contributed by atoms with Crippen molar-refractivity contribution in [3.8, 4) is 0 Å². The number of nitrogens with zero attached hydrogens (tertiary/aromatic N) is 1. The molecular weight excluding hydrogens is 230 g/mol. The quantitative estimate of drug-likeness (QED) is 0.533. The van der Waals surface area contributed by atoms with Crippen LogP contribution in [0.15, 0.2) is 35.4 Å². The van der Waals surface area contributed by atoms with Crippen molar-refractivity contribution >= 4 is 12.1 Å². The number of morpholine rings is 1. The molecule has 18 heavy (non-hydrogen) atoms. The third-order valence-corrected chi connectivity index (χ3v) is 2.81. The number of quaternary nitrogens is 1. The van der Waals surface area contributed by atoms with E-state index in [1.165, 1.54) is 4.90 Å². The second-order valence-corrected chi connectivity index (χ2v) is 4.24. The van der Waals surface area contributed by atoms with Crippen LogP contribution in [0.1, 0.15) is 5.56 Å². The fourth-order valence-corrected chi connectivity index (χ4v) is 1.82. The number of carbonyl (C=O) groups excluding carboxylic acids is 1. The summed E-state index contributed by atoms with van der Waals surface area (Å²) in [5.74, 6) is -0.0564. The third-order valence-electron chi connectivity index (χ3n) is 2.81. The van der Waals surface area contributed by atoms with Crippen LogP contribution in [0.4, 0.5) is 0 Å². The second-order valence-electron chi connectivity index (χ2n) is 4.24. The van der Waals surface area contributed by atoms with E-state index in [-0.39, 0.29) is 5.91 Å². The number of nitrogens with one attached hydrogen (secondary N) is 2. The average molecular weight is 248 g/mol. The molecule has 1 aliphatic rings. The summed E-state index contributed by atoms with van der Waals surface area (Å²) < 4.78 is 5.24. The summed E-state index contributed by atoms with van der Waals surface area (Å²) in [4.78, 5) is 12.9. The molecule has 5 nitrogen and oxygen atoms in total. The van der Waals surface area contributed by atoms with Crippen molar-refractivity contribution in [3.63, 3.8) is 0 Å². The molecular formula is C13H18N3O2+. The highest BCUT2D eigenvalue weighted by Gasteiger charge is 2.16. The number of rotatable bonds is 4. The van der Waals surface area contributed by atoms with E-state index >= 15 is 0 Å². The molecule has 0 atom stereocenters. The molecule has 1 heterocycles. The van der Waals surface area contributed by atoms with Crippen LogP contribution < -0.4 is 10.3 Å². The highest BCUT2D eigenvalue weighted by atomic mass is 16.5. The largest absolute Gasteiger partial charge is 0.370 e. The Hall–Kier alpha value is -1.72. The Bertz CT molecular complexity index is 400. The lowest BCUT2D eigenvalue weighted by atomic mass is 10.2. The number of benzene rings is 1. The van der Waals surface area contributed by atoms with Gasteiger partial charge >= 0.3 is 0 Å². The van der Waals surface area contributed by atoms with E-state index in [0.717, 1.165) is 31.9 Å². The van der Waals surface area contributed by atoms with Crippen molar-refractivity contribution in [2.75, 3.05) is 32.8 Å². The molecule has 2 N–H and O–H groups in total. The monoisotopic (exact) mass is 248 g/mol. The summed E-state index contributed by atoms with van der Waals surface area (Å²) in [6.45, 7) is 3.69. The van der Waals surface area contributed by atoms with E-state index in [0.29, 0.717) is 6.54 Å². The van der Waals surface area contributed by atoms with Crippen LogP contribution in [0.3, 0.4) is 0 Å². The normalized spacial score (nSPS) is 16.9. The summed E-state index contributed by atoms with van der Waals surface area (Å²) in [6, 6.07) is 9.67. The number of ether oxygens (including phenoxy) is 1. The lowest BCUT2D eigenvalue weighted by Crippen LogP contribution is -3.15. The topological polar surface area (TPSA) is 55.1 Å². The van der Waals surface area contributed by atoms with Crippen LogP contribution in [0, 0.1) is 0 Å². The van der Waals surface area contributed by atoms with E-state index in [9.17, 15) is 4.79 Å². The fraction of sp³-hybridized carbons (Fsp3) is 0.385. The van der Waals surface area contributed by atoms with Crippen LogP contribution in [-0.4, -0.2) is 45.0 Å². The van der Waals surface area contributed by atoms with E-state index in [1.54, 1.807) is 6.21 Å². The molecule has 0 radical (unpaired) electrons. The lowest BCUT2D eigenvalue weighted by Gasteiger charge is -2.22. The maximum atomic E-state index is 11.6. The van der Waals surface area contributed by atoms with Crippen LogP contribution in [0.5, 0.6) is 0 Å². The van der Waals surface area contributed by atoms with Gasteiger partial charge in [-0.15, -0.1) is 0 Å². The third kappa shape index (κ3) is 4.27. The highest BCUT2D eigenvalue weighted by molar-refractivity contribution is 5.82. The summed E-state index contributed by atoms with van der Waals surface area (Å²) >= 11 is 0. The number of amides is 1. The molecule has 0 aliphatic carbocycles. The smallest absolute Gasteiger partial charge is 0.295 e. The average Bonchev–Trinajstić information content (AvgIpc) is 2.41. The Labute approximate surface area is 106 Å². The van der Waals surface area contributed by atoms with Crippen molar-refractivity contribution < 1.29 is 14.4 Å². The molecule has 1 aromatic rings. The van der Waals surface area contributed by atoms with Crippen LogP contribution in [-0.2, 0) is 9.53 Å². The Balaban J connectivity index is 1.72. The van der Waals surface area contributed by atoms with Crippen LogP contribution >= 0.6 is 0 Å². The first-order valence-corrected chi connectivity index (χ1v) is 6.13. The molecule has 96 valence electrons. The van der Waals surface area contributed by atoms with Crippen molar-refractivity contribution in [2.24, 2.45) is 5.10 Å². The van der Waals surface area contributed by atoms with Gasteiger partial charge in [0, 0.05) is 0 Å². The van der Waals surface area contributed by atoms with Gasteiger partial charge in [0.05, 0.1) is 19.4 Å². The molecule has 1 aliphatic heterocycles. The van der Waals surface area contributed by atoms with Crippen LogP contribution in [0.25, 0.3) is 0 Å². The van der Waals surface area contributed by atoms with Gasteiger partial charge in [0.15, 0.2) is 6.54 Å². The highest BCUT2D eigenvalue weighted by Crippen LogP contribution is 1.92. The fourth-order valence-electron chi connectivity index (χ4n) is 1.82. The maximum Gasteiger partial charge on any atom is 0.295 e. The zero-order valence-corrected chi connectivity index (χ0v) is 10.3. The molecule has 0 spiro atoms. The molecule has 1 saturated heterocycles. The first-order valence-electron chi connectivity index (χ1n) is 6.13. The van der Waals surface area contributed by atoms with E-state index in [2.05, 4.69) is 10.5 Å². The van der Waals surface area contributed by atoms with Crippen molar-refractivity contribution in [1.29, 1.82) is 0 Å². The first kappa shape index (κ1) is 12.7. The SMILES string of the molecule is O=C(C[NH+]1CCOCC1)N/N=C\c1ccccc1. The zero-order chi connectivity index (χ0) is 12.6. The Morgan fingerprint density at radius 3 is 2.78 bits per heavy atom. The second kappa shape index (κ2) is 6.88. The molecule has 1 amide bonds. The molecule has 0 saturated carbocycles. The predicted octanol–water partition coefficient (Wildman–Crippen LogP) is -0.948. The van der Waals surface area contributed by atoms with E-state index < -0.39 is 0 Å². The summed E-state index contributed by atoms with van der Waals surface area (Å²) in [6.07, 6.45) is 1.65. The molecule has 5 heteroatoms. The number of hydrogen-bond donors (Lipinski definition) is 2. The summed E-state index contributed by atoms with van der Waals surface area (Å²) in [5.41, 5.74) is 3.52. The van der Waals surface area contributed by atoms with Crippen molar-refractivity contribution in [3.05, 3.63) is 35.9 Å². The molecule has 0 unspecified atom stereocenters. The van der Waals surface area contributed by atoms with Gasteiger partial charge in [-0.05, 0) is 5.56 Å². The van der Waals surface area contributed by atoms with E-state index in [1.807, 2.05) is 30.3 Å². The van der Waals surface area contributed by atoms with Gasteiger partial charge in [-0.25, -0.2) is 5.43 Å². The standard InChI is InChI=1S/C13H17N3O2/c17-13(11-16-6-8-18-9-7-16)15-14-10-12-4-2-1-3-5-12/h1-5,10H,6-9,11H2,(H,15,17)/p+1/b14-10-. The minimum absolute atomic E-state index is 0.0564. The van der Waals surface area contributed by atoms with E-state index in [4.69, 9.17) is 4.74 Å². The van der Waals surface area contributed by atoms with Crippen LogP contribution in [0.2, 0.25) is 0 Å². The van der Waals surface area contributed by atoms with Gasteiger partial charge in [-0.2, -0.15) is 5.10 Å². The lowest BCUT2D eigenvalue weighted by molar-refractivity contribution is -0.900. The molecule has 1 aromatic carbocycles. The van der Waals surface area contributed by atoms with Crippen molar-refractivity contribution in [1.82, 2.24) is 5.43 Å². The summed E-state index contributed by atoms with van der Waals surface area (Å²) in [5, 5.41) is 3.94. The molecule has 2 rings (SSSR count). The number of hydrazone groups is 1.